The number of rotatable bonds is 5. The fourth-order valence-electron chi connectivity index (χ4n) is 2.28. The number of amides is 1. The zero-order chi connectivity index (χ0) is 17.8. The number of nitrogens with zero attached hydrogens (tertiary/aromatic N) is 3. The smallest absolute Gasteiger partial charge is 0.269 e. The standard InChI is InChI=1S/C17H14ClN3O4/c18-13-4-7-16(19-9-13)25-15-10-20(11-15)17(22)8-3-12-1-5-14(6-2-12)21(23)24/h1-9,15H,10-11H2/b8-3+. The van der Waals surface area contributed by atoms with Crippen molar-refractivity contribution in [3.05, 3.63) is 69.4 Å². The number of likely N-dealkylation sites (tertiary alicyclic amines) is 1. The van der Waals surface area contributed by atoms with Crippen LogP contribution in [-0.4, -0.2) is 39.9 Å². The molecule has 25 heavy (non-hydrogen) atoms. The third kappa shape index (κ3) is 4.33. The molecule has 0 saturated carbocycles. The summed E-state index contributed by atoms with van der Waals surface area (Å²) in [7, 11) is 0. The number of pyridine rings is 1. The molecule has 0 bridgehead atoms. The van der Waals surface area contributed by atoms with Gasteiger partial charge in [0.2, 0.25) is 11.8 Å². The summed E-state index contributed by atoms with van der Waals surface area (Å²) in [6.07, 6.45) is 4.48. The van der Waals surface area contributed by atoms with Crippen LogP contribution in [0.2, 0.25) is 5.02 Å². The lowest BCUT2D eigenvalue weighted by Crippen LogP contribution is -2.55. The second-order valence-electron chi connectivity index (χ2n) is 5.48. The fourth-order valence-corrected chi connectivity index (χ4v) is 2.39. The minimum absolute atomic E-state index is 0.0158. The van der Waals surface area contributed by atoms with Crippen LogP contribution in [0.15, 0.2) is 48.7 Å². The number of ether oxygens (including phenoxy) is 1. The maximum absolute atomic E-state index is 12.1. The first-order chi connectivity index (χ1) is 12.0. The summed E-state index contributed by atoms with van der Waals surface area (Å²) in [5.74, 6) is 0.338. The van der Waals surface area contributed by atoms with Gasteiger partial charge in [-0.1, -0.05) is 11.6 Å². The summed E-state index contributed by atoms with van der Waals surface area (Å²) in [5.41, 5.74) is 0.736. The molecule has 0 aliphatic carbocycles. The third-order valence-corrected chi connectivity index (χ3v) is 3.89. The molecule has 2 aromatic rings. The van der Waals surface area contributed by atoms with Gasteiger partial charge in [-0.05, 0) is 29.8 Å². The van der Waals surface area contributed by atoms with Crippen molar-refractivity contribution < 1.29 is 14.5 Å². The van der Waals surface area contributed by atoms with E-state index in [1.165, 1.54) is 24.4 Å². The van der Waals surface area contributed by atoms with Crippen molar-refractivity contribution in [2.45, 2.75) is 6.10 Å². The zero-order valence-corrected chi connectivity index (χ0v) is 13.8. The highest BCUT2D eigenvalue weighted by molar-refractivity contribution is 6.30. The molecule has 0 N–H and O–H groups in total. The van der Waals surface area contributed by atoms with Crippen LogP contribution in [-0.2, 0) is 4.79 Å². The minimum atomic E-state index is -0.464. The molecule has 1 aliphatic rings. The zero-order valence-electron chi connectivity index (χ0n) is 13.0. The summed E-state index contributed by atoms with van der Waals surface area (Å²) in [4.78, 5) is 27.9. The van der Waals surface area contributed by atoms with Gasteiger partial charge in [0, 0.05) is 30.5 Å². The average Bonchev–Trinajstić information content (AvgIpc) is 2.57. The van der Waals surface area contributed by atoms with Gasteiger partial charge in [-0.3, -0.25) is 14.9 Å². The molecular formula is C17H14ClN3O4. The van der Waals surface area contributed by atoms with Crippen molar-refractivity contribution in [2.75, 3.05) is 13.1 Å². The fraction of sp³-hybridized carbons (Fsp3) is 0.176. The summed E-state index contributed by atoms with van der Waals surface area (Å²) in [6.45, 7) is 0.960. The highest BCUT2D eigenvalue weighted by atomic mass is 35.5. The Morgan fingerprint density at radius 2 is 2.00 bits per heavy atom. The van der Waals surface area contributed by atoms with Crippen LogP contribution in [0.4, 0.5) is 5.69 Å². The molecule has 1 saturated heterocycles. The third-order valence-electron chi connectivity index (χ3n) is 3.67. The van der Waals surface area contributed by atoms with Gasteiger partial charge in [-0.2, -0.15) is 0 Å². The van der Waals surface area contributed by atoms with Gasteiger partial charge in [0.1, 0.15) is 6.10 Å². The van der Waals surface area contributed by atoms with Gasteiger partial charge in [-0.15, -0.1) is 0 Å². The number of halogens is 1. The molecule has 0 spiro atoms. The number of hydrogen-bond donors (Lipinski definition) is 0. The molecule has 8 heteroatoms. The van der Waals surface area contributed by atoms with Gasteiger partial charge >= 0.3 is 0 Å². The van der Waals surface area contributed by atoms with E-state index in [1.54, 1.807) is 35.2 Å². The Morgan fingerprint density at radius 1 is 1.28 bits per heavy atom. The number of benzene rings is 1. The highest BCUT2D eigenvalue weighted by Crippen LogP contribution is 2.18. The largest absolute Gasteiger partial charge is 0.471 e. The average molecular weight is 360 g/mol. The van der Waals surface area contributed by atoms with E-state index in [-0.39, 0.29) is 17.7 Å². The lowest BCUT2D eigenvalue weighted by Gasteiger charge is -2.38. The molecule has 1 aromatic heterocycles. The summed E-state index contributed by atoms with van der Waals surface area (Å²) in [5, 5.41) is 11.1. The molecule has 0 unspecified atom stereocenters. The lowest BCUT2D eigenvalue weighted by molar-refractivity contribution is -0.384. The van der Waals surface area contributed by atoms with Gasteiger partial charge < -0.3 is 9.64 Å². The van der Waals surface area contributed by atoms with Gasteiger partial charge in [0.05, 0.1) is 23.0 Å². The summed E-state index contributed by atoms with van der Waals surface area (Å²) < 4.78 is 5.63. The number of nitro groups is 1. The second-order valence-corrected chi connectivity index (χ2v) is 5.92. The van der Waals surface area contributed by atoms with Crippen molar-refractivity contribution >= 4 is 29.3 Å². The van der Waals surface area contributed by atoms with Crippen molar-refractivity contribution in [1.29, 1.82) is 0 Å². The Labute approximate surface area is 148 Å². The van der Waals surface area contributed by atoms with Crippen molar-refractivity contribution in [1.82, 2.24) is 9.88 Å². The monoisotopic (exact) mass is 359 g/mol. The normalized spacial score (nSPS) is 14.4. The Morgan fingerprint density at radius 3 is 2.60 bits per heavy atom. The molecule has 128 valence electrons. The van der Waals surface area contributed by atoms with Gasteiger partial charge in [-0.25, -0.2) is 4.98 Å². The number of aromatic nitrogens is 1. The van der Waals surface area contributed by atoms with E-state index in [0.29, 0.717) is 24.0 Å². The Balaban J connectivity index is 1.48. The van der Waals surface area contributed by atoms with Crippen molar-refractivity contribution in [2.24, 2.45) is 0 Å². The highest BCUT2D eigenvalue weighted by Gasteiger charge is 2.31. The van der Waals surface area contributed by atoms with E-state index in [9.17, 15) is 14.9 Å². The lowest BCUT2D eigenvalue weighted by atomic mass is 10.1. The number of non-ortho nitro benzene ring substituents is 1. The molecule has 1 amide bonds. The maximum atomic E-state index is 12.1. The van der Waals surface area contributed by atoms with Crippen molar-refractivity contribution in [3.8, 4) is 5.88 Å². The molecule has 1 fully saturated rings. The van der Waals surface area contributed by atoms with Crippen LogP contribution in [0.5, 0.6) is 5.88 Å². The van der Waals surface area contributed by atoms with Crippen LogP contribution in [0.1, 0.15) is 5.56 Å². The molecule has 7 nitrogen and oxygen atoms in total. The SMILES string of the molecule is O=C(/C=C/c1ccc([N+](=O)[O-])cc1)N1CC(Oc2ccc(Cl)cn2)C1. The van der Waals surface area contributed by atoms with Crippen molar-refractivity contribution in [3.63, 3.8) is 0 Å². The minimum Gasteiger partial charge on any atom is -0.471 e. The summed E-state index contributed by atoms with van der Waals surface area (Å²) >= 11 is 5.76. The predicted octanol–water partition coefficient (Wildman–Crippen LogP) is 2.95. The van der Waals surface area contributed by atoms with Crippen LogP contribution in [0, 0.1) is 10.1 Å². The van der Waals surface area contributed by atoms with Crippen LogP contribution >= 0.6 is 11.6 Å². The molecule has 2 heterocycles. The topological polar surface area (TPSA) is 85.6 Å². The second kappa shape index (κ2) is 7.31. The quantitative estimate of drug-likeness (QED) is 0.465. The van der Waals surface area contributed by atoms with Crippen LogP contribution in [0.25, 0.3) is 6.08 Å². The first-order valence-electron chi connectivity index (χ1n) is 7.51. The molecule has 1 aliphatic heterocycles. The molecular weight excluding hydrogens is 346 g/mol. The molecule has 3 rings (SSSR count). The predicted molar refractivity (Wildman–Crippen MR) is 92.4 cm³/mol. The number of nitro benzene ring substituents is 1. The Bertz CT molecular complexity index is 800. The van der Waals surface area contributed by atoms with E-state index < -0.39 is 4.92 Å². The number of hydrogen-bond acceptors (Lipinski definition) is 5. The molecule has 0 atom stereocenters. The number of carbonyl (C=O) groups is 1. The first-order valence-corrected chi connectivity index (χ1v) is 7.89. The Kier molecular flexibility index (Phi) is 4.95. The van der Waals surface area contributed by atoms with Gasteiger partial charge in [0.25, 0.3) is 5.69 Å². The molecule has 1 aromatic carbocycles. The Hall–Kier alpha value is -2.93. The maximum Gasteiger partial charge on any atom is 0.269 e. The van der Waals surface area contributed by atoms with E-state index >= 15 is 0 Å². The molecule has 0 radical (unpaired) electrons. The van der Waals surface area contributed by atoms with Crippen LogP contribution in [0.3, 0.4) is 0 Å². The van der Waals surface area contributed by atoms with E-state index in [4.69, 9.17) is 16.3 Å². The number of carbonyl (C=O) groups excluding carboxylic acids is 1. The van der Waals surface area contributed by atoms with Crippen LogP contribution < -0.4 is 4.74 Å². The first kappa shape index (κ1) is 16.9. The van der Waals surface area contributed by atoms with E-state index in [0.717, 1.165) is 5.56 Å². The van der Waals surface area contributed by atoms with E-state index in [1.807, 2.05) is 0 Å². The summed E-state index contributed by atoms with van der Waals surface area (Å²) in [6, 6.07) is 9.36. The van der Waals surface area contributed by atoms with E-state index in [2.05, 4.69) is 4.98 Å². The van der Waals surface area contributed by atoms with Gasteiger partial charge in [0.15, 0.2) is 0 Å².